The zero-order chi connectivity index (χ0) is 19.6. The molecule has 0 saturated heterocycles. The summed E-state index contributed by atoms with van der Waals surface area (Å²) in [6.07, 6.45) is 3.60. The van der Waals surface area contributed by atoms with Gasteiger partial charge in [-0.3, -0.25) is 0 Å². The van der Waals surface area contributed by atoms with Gasteiger partial charge in [-0.2, -0.15) is 8.42 Å². The van der Waals surface area contributed by atoms with Crippen LogP contribution in [0.3, 0.4) is 0 Å². The Labute approximate surface area is 152 Å². The highest BCUT2D eigenvalue weighted by molar-refractivity contribution is 8.31. The van der Waals surface area contributed by atoms with Gasteiger partial charge in [-0.1, -0.05) is 19.3 Å². The first kappa shape index (κ1) is 20.6. The maximum atomic E-state index is 12.6. The summed E-state index contributed by atoms with van der Waals surface area (Å²) >= 11 is 0. The van der Waals surface area contributed by atoms with E-state index in [2.05, 4.69) is 8.97 Å². The lowest BCUT2D eigenvalue weighted by atomic mass is 10.0. The highest BCUT2D eigenvalue weighted by Crippen LogP contribution is 2.28. The summed E-state index contributed by atoms with van der Waals surface area (Å²) in [6.45, 7) is 0. The molecule has 1 aliphatic carbocycles. The Kier molecular flexibility index (Phi) is 5.91. The van der Waals surface area contributed by atoms with Gasteiger partial charge in [-0.25, -0.2) is 16.8 Å². The van der Waals surface area contributed by atoms with Crippen LogP contribution in [-0.4, -0.2) is 45.9 Å². The number of hydrogen-bond donors (Lipinski definition) is 0. The van der Waals surface area contributed by atoms with Crippen molar-refractivity contribution < 1.29 is 34.2 Å². The smallest absolute Gasteiger partial charge is 0.383 e. The van der Waals surface area contributed by atoms with E-state index in [-0.39, 0.29) is 5.75 Å². The van der Waals surface area contributed by atoms with E-state index in [9.17, 15) is 25.3 Å². The van der Waals surface area contributed by atoms with E-state index in [0.29, 0.717) is 25.7 Å². The number of nitrogens with zero attached hydrogens (tertiary/aromatic N) is 2. The van der Waals surface area contributed by atoms with Gasteiger partial charge in [0.1, 0.15) is 5.75 Å². The van der Waals surface area contributed by atoms with E-state index in [0.717, 1.165) is 36.9 Å². The molecule has 1 aromatic carbocycles. The molecule has 12 heteroatoms. The lowest BCUT2D eigenvalue weighted by molar-refractivity contribution is 0.00370. The Morgan fingerprint density at radius 3 is 2.00 bits per heavy atom. The molecule has 26 heavy (non-hydrogen) atoms. The predicted octanol–water partition coefficient (Wildman–Crippen LogP) is 1.13. The third-order valence-corrected chi connectivity index (χ3v) is 9.13. The van der Waals surface area contributed by atoms with Crippen molar-refractivity contribution in [1.29, 1.82) is 0 Å². The molecule has 0 heterocycles. The normalized spacial score (nSPS) is 16.7. The van der Waals surface area contributed by atoms with Crippen molar-refractivity contribution in [3.8, 4) is 5.75 Å². The first-order valence-corrected chi connectivity index (χ1v) is 12.5. The summed E-state index contributed by atoms with van der Waals surface area (Å²) in [5, 5.41) is -0.912. The number of sulfone groups is 2. The molecule has 0 N–H and O–H groups in total. The molecular formula is C14H18N2O7S3. The van der Waals surface area contributed by atoms with Crippen LogP contribution >= 0.6 is 0 Å². The molecule has 1 fully saturated rings. The van der Waals surface area contributed by atoms with Crippen LogP contribution in [0, 0.1) is 0 Å². The standard InChI is InChI=1S/C14H18N2O7S3/c1-24(17,18)23-11-7-9-13(10-8-11)26(21,22)14(16-15)25(19,20)12-5-3-2-4-6-12/h7-10,12H,2-6H2,1H3. The first-order valence-electron chi connectivity index (χ1n) is 7.69. The van der Waals surface area contributed by atoms with Crippen LogP contribution in [0.2, 0.25) is 0 Å². The van der Waals surface area contributed by atoms with Gasteiger partial charge in [0.25, 0.3) is 19.7 Å². The van der Waals surface area contributed by atoms with Gasteiger partial charge in [-0.05, 0) is 37.1 Å². The van der Waals surface area contributed by atoms with Gasteiger partial charge in [0.2, 0.25) is 0 Å². The Hall–Kier alpha value is -1.75. The molecule has 0 bridgehead atoms. The largest absolute Gasteiger partial charge is 0.499 e. The molecule has 0 amide bonds. The van der Waals surface area contributed by atoms with Gasteiger partial charge in [-0.15, -0.1) is 4.79 Å². The van der Waals surface area contributed by atoms with E-state index in [1.807, 2.05) is 0 Å². The number of rotatable bonds is 4. The molecule has 1 aliphatic rings. The summed E-state index contributed by atoms with van der Waals surface area (Å²) in [5.74, 6) is -0.135. The number of benzene rings is 1. The quantitative estimate of drug-likeness (QED) is 0.232. The van der Waals surface area contributed by atoms with Gasteiger partial charge < -0.3 is 9.71 Å². The average molecular weight is 423 g/mol. The minimum absolute atomic E-state index is 0.135. The summed E-state index contributed by atoms with van der Waals surface area (Å²) in [6, 6.07) is 4.10. The molecule has 0 unspecified atom stereocenters. The van der Waals surface area contributed by atoms with Gasteiger partial charge in [0, 0.05) is 0 Å². The van der Waals surface area contributed by atoms with Gasteiger partial charge >= 0.3 is 14.5 Å². The van der Waals surface area contributed by atoms with E-state index < -0.39 is 44.3 Å². The molecule has 9 nitrogen and oxygen atoms in total. The second-order valence-corrected chi connectivity index (χ2v) is 11.8. The average Bonchev–Trinajstić information content (AvgIpc) is 2.55. The second-order valence-electron chi connectivity index (χ2n) is 5.93. The van der Waals surface area contributed by atoms with E-state index in [1.165, 1.54) is 0 Å². The minimum atomic E-state index is -4.61. The molecule has 0 aromatic heterocycles. The molecule has 0 atom stereocenters. The first-order chi connectivity index (χ1) is 12.0. The second kappa shape index (κ2) is 7.47. The van der Waals surface area contributed by atoms with Crippen LogP contribution in [0.1, 0.15) is 32.1 Å². The highest BCUT2D eigenvalue weighted by atomic mass is 32.3. The van der Waals surface area contributed by atoms with E-state index >= 15 is 0 Å². The fourth-order valence-electron chi connectivity index (χ4n) is 2.73. The topological polar surface area (TPSA) is 148 Å². The monoisotopic (exact) mass is 422 g/mol. The van der Waals surface area contributed by atoms with E-state index in [1.54, 1.807) is 0 Å². The van der Waals surface area contributed by atoms with Crippen molar-refractivity contribution in [3.05, 3.63) is 29.8 Å². The van der Waals surface area contributed by atoms with E-state index in [4.69, 9.17) is 5.53 Å². The maximum absolute atomic E-state index is 12.6. The fraction of sp³-hybridized carbons (Fsp3) is 0.500. The number of hydrogen-bond acceptors (Lipinski definition) is 7. The summed E-state index contributed by atoms with van der Waals surface area (Å²) < 4.78 is 75.9. The van der Waals surface area contributed by atoms with Crippen LogP contribution in [0.25, 0.3) is 5.53 Å². The molecule has 144 valence electrons. The molecule has 1 aromatic rings. The van der Waals surface area contributed by atoms with Crippen LogP contribution < -0.4 is 4.18 Å². The Morgan fingerprint density at radius 2 is 1.54 bits per heavy atom. The fourth-order valence-corrected chi connectivity index (χ4v) is 7.27. The Morgan fingerprint density at radius 1 is 1.00 bits per heavy atom. The Balaban J connectivity index is 2.39. The maximum Gasteiger partial charge on any atom is 0.499 e. The highest BCUT2D eigenvalue weighted by Gasteiger charge is 2.47. The molecule has 0 radical (unpaired) electrons. The summed E-state index contributed by atoms with van der Waals surface area (Å²) in [5.41, 5.74) is 9.12. The minimum Gasteiger partial charge on any atom is -0.383 e. The van der Waals surface area contributed by atoms with Crippen LogP contribution in [0.4, 0.5) is 0 Å². The summed E-state index contributed by atoms with van der Waals surface area (Å²) in [7, 11) is -12.7. The van der Waals surface area contributed by atoms with Crippen molar-refractivity contribution >= 4 is 34.2 Å². The van der Waals surface area contributed by atoms with Crippen LogP contribution in [0.15, 0.2) is 29.2 Å². The molecule has 1 saturated carbocycles. The molecular weight excluding hydrogens is 404 g/mol. The van der Waals surface area contributed by atoms with Crippen molar-refractivity contribution in [3.63, 3.8) is 0 Å². The molecule has 0 aliphatic heterocycles. The zero-order valence-electron chi connectivity index (χ0n) is 13.9. The van der Waals surface area contributed by atoms with Crippen LogP contribution in [-0.2, 0) is 29.8 Å². The van der Waals surface area contributed by atoms with Gasteiger partial charge in [0.05, 0.1) is 16.4 Å². The van der Waals surface area contributed by atoms with Crippen molar-refractivity contribution in [1.82, 2.24) is 0 Å². The van der Waals surface area contributed by atoms with Crippen molar-refractivity contribution in [2.24, 2.45) is 0 Å². The molecule has 2 rings (SSSR count). The van der Waals surface area contributed by atoms with Gasteiger partial charge in [0.15, 0.2) is 0 Å². The summed E-state index contributed by atoms with van der Waals surface area (Å²) in [4.78, 5) is 2.13. The zero-order valence-corrected chi connectivity index (χ0v) is 16.3. The predicted molar refractivity (Wildman–Crippen MR) is 93.5 cm³/mol. The third kappa shape index (κ3) is 4.50. The van der Waals surface area contributed by atoms with Crippen molar-refractivity contribution in [2.75, 3.05) is 6.26 Å². The SMILES string of the molecule is CS(=O)(=O)Oc1ccc(S(=O)(=O)C(=[N+]=[N-])S(=O)(=O)C2CCCCC2)cc1. The lowest BCUT2D eigenvalue weighted by Crippen LogP contribution is -2.35. The molecule has 0 spiro atoms. The third-order valence-electron chi connectivity index (χ3n) is 3.93. The van der Waals surface area contributed by atoms with Crippen LogP contribution in [0.5, 0.6) is 5.75 Å². The lowest BCUT2D eigenvalue weighted by Gasteiger charge is -2.19. The Bertz CT molecular complexity index is 1030. The van der Waals surface area contributed by atoms with Crippen molar-refractivity contribution in [2.45, 2.75) is 42.2 Å².